The Balaban J connectivity index is 1.66. The van der Waals surface area contributed by atoms with Crippen molar-refractivity contribution in [2.75, 3.05) is 7.11 Å². The molecule has 0 spiro atoms. The Bertz CT molecular complexity index is 1030. The first-order valence-electron chi connectivity index (χ1n) is 9.27. The lowest BCUT2D eigenvalue weighted by atomic mass is 9.92. The average molecular weight is 418 g/mol. The van der Waals surface area contributed by atoms with Crippen LogP contribution in [0, 0.1) is 0 Å². The number of aromatic nitrogens is 4. The Morgan fingerprint density at radius 2 is 1.86 bits per heavy atom. The summed E-state index contributed by atoms with van der Waals surface area (Å²) < 4.78 is 6.04. The van der Waals surface area contributed by atoms with Crippen LogP contribution in [0.4, 0.5) is 0 Å². The highest BCUT2D eigenvalue weighted by Crippen LogP contribution is 2.31. The van der Waals surface area contributed by atoms with Gasteiger partial charge in [-0.05, 0) is 5.56 Å². The number of rotatable bonds is 6. The molecule has 0 aliphatic carbocycles. The largest absolute Gasteiger partial charge is 0.469 e. The second kappa shape index (κ2) is 8.24. The van der Waals surface area contributed by atoms with Crippen LogP contribution in [-0.4, -0.2) is 38.8 Å². The smallest absolute Gasteiger partial charge is 0.306 e. The Morgan fingerprint density at radius 3 is 2.45 bits per heavy atom. The molecule has 2 heterocycles. The molecule has 0 aliphatic rings. The molecule has 0 saturated carbocycles. The third-order valence-electron chi connectivity index (χ3n) is 4.45. The first kappa shape index (κ1) is 20.9. The number of methoxy groups -OCH3 is 1. The summed E-state index contributed by atoms with van der Waals surface area (Å²) in [6.07, 6.45) is 0.176. The normalized spacial score (nSPS) is 11.6. The van der Waals surface area contributed by atoms with Crippen molar-refractivity contribution in [3.05, 3.63) is 40.5 Å². The Labute approximate surface area is 173 Å². The maximum absolute atomic E-state index is 11.8. The van der Waals surface area contributed by atoms with E-state index in [1.807, 2.05) is 24.3 Å². The second-order valence-corrected chi connectivity index (χ2v) is 8.15. The van der Waals surface area contributed by atoms with Crippen LogP contribution in [0.15, 0.2) is 24.3 Å². The maximum Gasteiger partial charge on any atom is 0.306 e. The zero-order valence-corrected chi connectivity index (χ0v) is 17.6. The van der Waals surface area contributed by atoms with Gasteiger partial charge in [0.15, 0.2) is 11.5 Å². The molecule has 0 saturated heterocycles. The van der Waals surface area contributed by atoms with Crippen molar-refractivity contribution in [2.24, 2.45) is 0 Å². The van der Waals surface area contributed by atoms with Gasteiger partial charge in [0.2, 0.25) is 5.91 Å². The first-order valence-corrected chi connectivity index (χ1v) is 9.64. The van der Waals surface area contributed by atoms with Crippen molar-refractivity contribution in [3.63, 3.8) is 0 Å². The van der Waals surface area contributed by atoms with E-state index in [9.17, 15) is 9.59 Å². The van der Waals surface area contributed by atoms with Crippen molar-refractivity contribution < 1.29 is 14.3 Å². The van der Waals surface area contributed by atoms with E-state index in [2.05, 4.69) is 46.0 Å². The fourth-order valence-corrected chi connectivity index (χ4v) is 3.24. The number of benzene rings is 1. The van der Waals surface area contributed by atoms with Crippen LogP contribution in [-0.2, 0) is 26.3 Å². The molecule has 1 amide bonds. The van der Waals surface area contributed by atoms with Crippen LogP contribution in [0.3, 0.4) is 0 Å². The van der Waals surface area contributed by atoms with Gasteiger partial charge in [0, 0.05) is 23.9 Å². The number of aromatic amines is 1. The fraction of sp³-hybridized carbons (Fsp3) is 0.400. The number of hydrogen-bond acceptors (Lipinski definition) is 5. The fourth-order valence-electron chi connectivity index (χ4n) is 2.79. The SMILES string of the molecule is COC(=O)CCC(=O)NCc1ccc(-c2nn3nc(C(C)(C)C)c(Cl)c3[nH]2)cc1. The van der Waals surface area contributed by atoms with E-state index < -0.39 is 5.97 Å². The van der Waals surface area contributed by atoms with E-state index in [-0.39, 0.29) is 24.2 Å². The van der Waals surface area contributed by atoms with E-state index >= 15 is 0 Å². The third-order valence-corrected chi connectivity index (χ3v) is 4.81. The minimum Gasteiger partial charge on any atom is -0.469 e. The second-order valence-electron chi connectivity index (χ2n) is 7.77. The molecule has 8 nitrogen and oxygen atoms in total. The molecule has 2 N–H and O–H groups in total. The summed E-state index contributed by atoms with van der Waals surface area (Å²) in [5.74, 6) is 0.0589. The monoisotopic (exact) mass is 417 g/mol. The van der Waals surface area contributed by atoms with Gasteiger partial charge in [0.05, 0.1) is 19.2 Å². The summed E-state index contributed by atoms with van der Waals surface area (Å²) in [6, 6.07) is 7.63. The van der Waals surface area contributed by atoms with Crippen molar-refractivity contribution in [1.82, 2.24) is 25.1 Å². The number of nitrogens with zero attached hydrogens (tertiary/aromatic N) is 3. The van der Waals surface area contributed by atoms with Crippen molar-refractivity contribution in [2.45, 2.75) is 45.6 Å². The Kier molecular flexibility index (Phi) is 5.93. The van der Waals surface area contributed by atoms with Crippen molar-refractivity contribution in [3.8, 4) is 11.4 Å². The first-order chi connectivity index (χ1) is 13.7. The van der Waals surface area contributed by atoms with Gasteiger partial charge in [0.1, 0.15) is 5.02 Å². The van der Waals surface area contributed by atoms with Gasteiger partial charge in [-0.2, -0.15) is 5.10 Å². The van der Waals surface area contributed by atoms with Crippen LogP contribution in [0.5, 0.6) is 0 Å². The average Bonchev–Trinajstić information content (AvgIpc) is 3.24. The standard InChI is InChI=1S/C20H24ClN5O3/c1-20(2,3)17-16(21)19-23-18(25-26(19)24-17)13-7-5-12(6-8-13)11-22-14(27)9-10-15(28)29-4/h5-8H,9-11H2,1-4H3,(H,22,27)(H,23,25). The minimum absolute atomic E-state index is 0.0705. The van der Waals surface area contributed by atoms with E-state index in [0.717, 1.165) is 16.8 Å². The highest BCUT2D eigenvalue weighted by molar-refractivity contribution is 6.34. The number of hydrogen-bond donors (Lipinski definition) is 2. The Hall–Kier alpha value is -2.87. The predicted molar refractivity (Wildman–Crippen MR) is 110 cm³/mol. The number of carbonyl (C=O) groups is 2. The molecule has 0 unspecified atom stereocenters. The van der Waals surface area contributed by atoms with E-state index in [0.29, 0.717) is 23.0 Å². The summed E-state index contributed by atoms with van der Waals surface area (Å²) in [5, 5.41) is 12.3. The lowest BCUT2D eigenvalue weighted by Gasteiger charge is -2.14. The molecule has 29 heavy (non-hydrogen) atoms. The molecule has 9 heteroatoms. The van der Waals surface area contributed by atoms with Crippen LogP contribution >= 0.6 is 11.6 Å². The summed E-state index contributed by atoms with van der Waals surface area (Å²) in [4.78, 5) is 26.1. The summed E-state index contributed by atoms with van der Waals surface area (Å²) >= 11 is 6.47. The molecule has 0 radical (unpaired) electrons. The summed E-state index contributed by atoms with van der Waals surface area (Å²) in [6.45, 7) is 6.53. The molecule has 3 aromatic rings. The number of nitrogens with one attached hydrogen (secondary N) is 2. The van der Waals surface area contributed by atoms with Gasteiger partial charge in [-0.15, -0.1) is 9.73 Å². The van der Waals surface area contributed by atoms with Gasteiger partial charge < -0.3 is 15.0 Å². The van der Waals surface area contributed by atoms with Crippen LogP contribution in [0.1, 0.15) is 44.9 Å². The molecular weight excluding hydrogens is 394 g/mol. The quantitative estimate of drug-likeness (QED) is 0.599. The number of H-pyrrole nitrogens is 1. The highest BCUT2D eigenvalue weighted by Gasteiger charge is 2.25. The molecule has 0 fully saturated rings. The predicted octanol–water partition coefficient (Wildman–Crippen LogP) is 3.24. The lowest BCUT2D eigenvalue weighted by molar-refractivity contribution is -0.142. The molecule has 0 atom stereocenters. The number of carbonyl (C=O) groups excluding carboxylic acids is 2. The molecule has 1 aromatic carbocycles. The van der Waals surface area contributed by atoms with Crippen molar-refractivity contribution in [1.29, 1.82) is 0 Å². The van der Waals surface area contributed by atoms with E-state index in [4.69, 9.17) is 11.6 Å². The number of ether oxygens (including phenoxy) is 1. The van der Waals surface area contributed by atoms with Gasteiger partial charge in [-0.25, -0.2) is 0 Å². The summed E-state index contributed by atoms with van der Waals surface area (Å²) in [5.41, 5.74) is 3.10. The lowest BCUT2D eigenvalue weighted by Crippen LogP contribution is -2.23. The highest BCUT2D eigenvalue weighted by atomic mass is 35.5. The zero-order valence-electron chi connectivity index (χ0n) is 16.9. The van der Waals surface area contributed by atoms with E-state index in [1.54, 1.807) is 0 Å². The van der Waals surface area contributed by atoms with Gasteiger partial charge in [0.25, 0.3) is 0 Å². The number of amides is 1. The van der Waals surface area contributed by atoms with Crippen LogP contribution in [0.25, 0.3) is 17.0 Å². The van der Waals surface area contributed by atoms with Gasteiger partial charge in [-0.1, -0.05) is 56.6 Å². The number of esters is 1. The minimum atomic E-state index is -0.399. The Morgan fingerprint density at radius 1 is 1.17 bits per heavy atom. The maximum atomic E-state index is 11.8. The van der Waals surface area contributed by atoms with E-state index in [1.165, 1.54) is 11.7 Å². The molecule has 3 rings (SSSR count). The van der Waals surface area contributed by atoms with Crippen molar-refractivity contribution >= 4 is 29.1 Å². The number of fused-ring (bicyclic) bond motifs is 1. The molecule has 2 aromatic heterocycles. The van der Waals surface area contributed by atoms with Crippen LogP contribution < -0.4 is 5.32 Å². The number of halogens is 1. The van der Waals surface area contributed by atoms with Gasteiger partial charge in [-0.3, -0.25) is 9.59 Å². The molecule has 0 aliphatic heterocycles. The topological polar surface area (TPSA) is 101 Å². The van der Waals surface area contributed by atoms with Gasteiger partial charge >= 0.3 is 5.97 Å². The summed E-state index contributed by atoms with van der Waals surface area (Å²) in [7, 11) is 1.30. The third kappa shape index (κ3) is 4.76. The molecule has 0 bridgehead atoms. The molecular formula is C20H24ClN5O3. The zero-order chi connectivity index (χ0) is 21.2. The van der Waals surface area contributed by atoms with Crippen LogP contribution in [0.2, 0.25) is 5.02 Å². The molecule has 154 valence electrons.